The van der Waals surface area contributed by atoms with Crippen LogP contribution < -0.4 is 20.7 Å². The Morgan fingerprint density at radius 2 is 1.78 bits per heavy atom. The topological polar surface area (TPSA) is 189 Å². The molecule has 4 N–H and O–H groups in total. The molecule has 0 aromatic rings. The first-order valence-electron chi connectivity index (χ1n) is 16.9. The van der Waals surface area contributed by atoms with Gasteiger partial charge in [-0.05, 0) is 78.5 Å². The highest BCUT2D eigenvalue weighted by Crippen LogP contribution is 2.46. The average molecular weight is 744 g/mol. The van der Waals surface area contributed by atoms with Crippen molar-refractivity contribution in [3.8, 4) is 0 Å². The first-order valence-corrected chi connectivity index (χ1v) is 23.2. The van der Waals surface area contributed by atoms with E-state index >= 15 is 0 Å². The molecule has 0 spiro atoms. The van der Waals surface area contributed by atoms with E-state index in [9.17, 15) is 32.4 Å². The van der Waals surface area contributed by atoms with Gasteiger partial charge in [0.15, 0.2) is 0 Å². The molecule has 2 aliphatic carbocycles. The van der Waals surface area contributed by atoms with E-state index in [1.54, 1.807) is 20.8 Å². The molecule has 0 aromatic heterocycles. The molecule has 0 bridgehead atoms. The van der Waals surface area contributed by atoms with E-state index in [0.717, 1.165) is 6.04 Å². The van der Waals surface area contributed by atoms with Crippen molar-refractivity contribution in [1.82, 2.24) is 25.6 Å². The second kappa shape index (κ2) is 14.4. The minimum atomic E-state index is -3.89. The summed E-state index contributed by atoms with van der Waals surface area (Å²) in [6, 6.07) is -2.20. The summed E-state index contributed by atoms with van der Waals surface area (Å²) >= 11 is 1.46. The van der Waals surface area contributed by atoms with Gasteiger partial charge in [0.25, 0.3) is 5.91 Å². The van der Waals surface area contributed by atoms with Gasteiger partial charge < -0.3 is 30.3 Å². The van der Waals surface area contributed by atoms with Gasteiger partial charge in [-0.15, -0.1) is 0 Å². The highest BCUT2D eigenvalue weighted by atomic mass is 32.2. The van der Waals surface area contributed by atoms with Gasteiger partial charge in [-0.3, -0.25) is 19.1 Å². The number of amides is 5. The fourth-order valence-electron chi connectivity index (χ4n) is 5.92. The fraction of sp³-hybridized carbons (Fsp3) is 0.781. The number of alkyl carbamates (subject to hydrolysis) is 2. The van der Waals surface area contributed by atoms with Crippen LogP contribution >= 0.6 is 11.8 Å². The number of hydrogen-bond donors (Lipinski definition) is 4. The van der Waals surface area contributed by atoms with Crippen LogP contribution in [0.4, 0.5) is 9.59 Å². The summed E-state index contributed by atoms with van der Waals surface area (Å²) in [6.07, 6.45) is 3.91. The predicted molar refractivity (Wildman–Crippen MR) is 189 cm³/mol. The van der Waals surface area contributed by atoms with Gasteiger partial charge in [-0.25, -0.2) is 18.0 Å². The largest absolute Gasteiger partial charge is 0.450 e. The molecule has 2 saturated carbocycles. The second-order valence-corrected chi connectivity index (χ2v) is 25.6. The summed E-state index contributed by atoms with van der Waals surface area (Å²) in [7, 11) is -5.36. The summed E-state index contributed by atoms with van der Waals surface area (Å²) in [4.78, 5) is 69.3. The minimum Gasteiger partial charge on any atom is -0.450 e. The van der Waals surface area contributed by atoms with E-state index < -0.39 is 93.2 Å². The van der Waals surface area contributed by atoms with Crippen molar-refractivity contribution >= 4 is 59.8 Å². The van der Waals surface area contributed by atoms with Gasteiger partial charge in [0.05, 0.1) is 17.9 Å². The van der Waals surface area contributed by atoms with Gasteiger partial charge in [-0.2, -0.15) is 11.8 Å². The van der Waals surface area contributed by atoms with E-state index in [2.05, 4.69) is 40.3 Å². The maximum Gasteiger partial charge on any atom is 0.408 e. The van der Waals surface area contributed by atoms with Crippen molar-refractivity contribution in [2.24, 2.45) is 5.92 Å². The van der Waals surface area contributed by atoms with Crippen molar-refractivity contribution in [3.05, 3.63) is 12.2 Å². The van der Waals surface area contributed by atoms with Gasteiger partial charge in [0.1, 0.15) is 23.2 Å². The molecule has 3 fully saturated rings. The highest BCUT2D eigenvalue weighted by Gasteiger charge is 2.62. The van der Waals surface area contributed by atoms with E-state index in [1.165, 1.54) is 16.7 Å². The molecule has 0 radical (unpaired) electrons. The van der Waals surface area contributed by atoms with Gasteiger partial charge >= 0.3 is 12.2 Å². The number of rotatable bonds is 8. The molecule has 17 heteroatoms. The first-order chi connectivity index (χ1) is 22.5. The summed E-state index contributed by atoms with van der Waals surface area (Å²) < 4.78 is 37.7. The monoisotopic (exact) mass is 743 g/mol. The molecule has 5 atom stereocenters. The third-order valence-electron chi connectivity index (χ3n) is 8.99. The van der Waals surface area contributed by atoms with Gasteiger partial charge in [-0.1, -0.05) is 31.8 Å². The number of nitrogens with zero attached hydrogens (tertiary/aromatic N) is 1. The van der Waals surface area contributed by atoms with Crippen LogP contribution in [0.25, 0.3) is 0 Å². The Labute approximate surface area is 295 Å². The van der Waals surface area contributed by atoms with Crippen LogP contribution in [0, 0.1) is 5.92 Å². The number of carbonyl (C=O) groups excluding carboxylic acids is 5. The molecule has 4 aliphatic rings. The van der Waals surface area contributed by atoms with Crippen molar-refractivity contribution in [2.45, 2.75) is 132 Å². The Bertz CT molecular complexity index is 1460. The number of allylic oxidation sites excluding steroid dienone is 1. The SMILES string of the molecule is CC(C)(C)OC(=O)N[C@@H]1C(=O)N2C[C@H](NC(=O)OCC[Si](C)(C)C)C[C@H]2C(=O)N[C@]2(C(=O)NS(=O)(=O)C3CC3)C[C@H]2/C=C/CCSC1(C)C. The lowest BCUT2D eigenvalue weighted by molar-refractivity contribution is -0.141. The Morgan fingerprint density at radius 1 is 1.10 bits per heavy atom. The number of ether oxygens (including phenoxy) is 2. The van der Waals surface area contributed by atoms with Crippen molar-refractivity contribution in [2.75, 3.05) is 18.9 Å². The van der Waals surface area contributed by atoms with Gasteiger partial charge in [0.2, 0.25) is 21.8 Å². The molecule has 276 valence electrons. The summed E-state index contributed by atoms with van der Waals surface area (Å²) in [5.41, 5.74) is -2.35. The number of sulfonamides is 1. The number of thioether (sulfide) groups is 1. The van der Waals surface area contributed by atoms with Crippen LogP contribution in [0.5, 0.6) is 0 Å². The Morgan fingerprint density at radius 3 is 2.39 bits per heavy atom. The quantitative estimate of drug-likeness (QED) is 0.213. The first kappa shape index (κ1) is 39.0. The predicted octanol–water partition coefficient (Wildman–Crippen LogP) is 2.87. The fourth-order valence-corrected chi connectivity index (χ4v) is 9.10. The molecule has 2 heterocycles. The van der Waals surface area contributed by atoms with Crippen LogP contribution in [0.3, 0.4) is 0 Å². The molecule has 0 unspecified atom stereocenters. The van der Waals surface area contributed by atoms with Crippen molar-refractivity contribution < 1.29 is 41.9 Å². The zero-order valence-electron chi connectivity index (χ0n) is 29.8. The lowest BCUT2D eigenvalue weighted by Gasteiger charge is -2.37. The lowest BCUT2D eigenvalue weighted by Crippen LogP contribution is -2.61. The Balaban J connectivity index is 1.64. The van der Waals surface area contributed by atoms with Crippen LogP contribution in [0.1, 0.15) is 66.7 Å². The minimum absolute atomic E-state index is 0.00595. The third kappa shape index (κ3) is 10.4. The number of nitrogens with one attached hydrogen (secondary N) is 4. The van der Waals surface area contributed by atoms with Crippen LogP contribution in [-0.2, 0) is 33.9 Å². The molecule has 2 aliphatic heterocycles. The Kier molecular flexibility index (Phi) is 11.5. The maximum atomic E-state index is 14.5. The van der Waals surface area contributed by atoms with Crippen LogP contribution in [0.15, 0.2) is 12.2 Å². The molecule has 14 nitrogen and oxygen atoms in total. The lowest BCUT2D eigenvalue weighted by atomic mass is 10.0. The van der Waals surface area contributed by atoms with Gasteiger partial charge in [0, 0.05) is 25.3 Å². The van der Waals surface area contributed by atoms with Crippen LogP contribution in [-0.4, -0.2) is 109 Å². The maximum absolute atomic E-state index is 14.5. The summed E-state index contributed by atoms with van der Waals surface area (Å²) in [5, 5.41) is 7.70. The molecule has 1 saturated heterocycles. The second-order valence-electron chi connectivity index (χ2n) is 16.2. The Hall–Kier alpha value is -2.79. The molecule has 49 heavy (non-hydrogen) atoms. The summed E-state index contributed by atoms with van der Waals surface area (Å²) in [5.74, 6) is -1.93. The van der Waals surface area contributed by atoms with Crippen LogP contribution in [0.2, 0.25) is 25.7 Å². The van der Waals surface area contributed by atoms with Crippen molar-refractivity contribution in [1.29, 1.82) is 0 Å². The van der Waals surface area contributed by atoms with E-state index in [4.69, 9.17) is 9.47 Å². The average Bonchev–Trinajstić information content (AvgIpc) is 3.86. The highest BCUT2D eigenvalue weighted by molar-refractivity contribution is 8.00. The molecule has 4 rings (SSSR count). The zero-order chi connectivity index (χ0) is 36.6. The smallest absolute Gasteiger partial charge is 0.408 e. The molecular formula is C32H53N5O9S2Si. The number of hydrogen-bond acceptors (Lipinski definition) is 10. The number of fused-ring (bicyclic) bond motifs is 2. The standard InChI is InChI=1S/C32H53N5O9S2Si/c1-30(2,3)46-29(42)34-24-26(39)37-19-21(33-28(41)45-14-16-49(6,7)8)17-23(37)25(38)35-32(27(40)36-48(43,44)22-12-13-22)18-20(32)11-9-10-15-47-31(24,4)5/h9,11,20-24H,10,12-19H2,1-8H3,(H,33,41)(H,34,42)(H,35,38)(H,36,40)/b11-9+/t20-,21-,23+,24-,32-/m1/s1. The number of carbonyl (C=O) groups is 5. The van der Waals surface area contributed by atoms with E-state index in [1.807, 2.05) is 26.0 Å². The zero-order valence-corrected chi connectivity index (χ0v) is 32.5. The van der Waals surface area contributed by atoms with Crippen molar-refractivity contribution in [3.63, 3.8) is 0 Å². The van der Waals surface area contributed by atoms with E-state index in [-0.39, 0.29) is 26.0 Å². The summed E-state index contributed by atoms with van der Waals surface area (Å²) in [6.45, 7) is 15.5. The van der Waals surface area contributed by atoms with E-state index in [0.29, 0.717) is 25.0 Å². The molecular weight excluding hydrogens is 691 g/mol. The normalized spacial score (nSPS) is 29.7. The third-order valence-corrected chi connectivity index (χ3v) is 13.9. The molecule has 5 amide bonds. The molecule has 0 aromatic carbocycles.